The van der Waals surface area contributed by atoms with E-state index in [0.29, 0.717) is 18.0 Å². The molecular weight excluding hydrogens is 274 g/mol. The molecule has 0 radical (unpaired) electrons. The highest BCUT2D eigenvalue weighted by Crippen LogP contribution is 2.03. The fourth-order valence-electron chi connectivity index (χ4n) is 1.91. The summed E-state index contributed by atoms with van der Waals surface area (Å²) in [6, 6.07) is 3.37. The zero-order valence-corrected chi connectivity index (χ0v) is 12.3. The maximum Gasteiger partial charge on any atom is 0.261 e. The van der Waals surface area contributed by atoms with Crippen molar-refractivity contribution in [2.24, 2.45) is 11.7 Å². The van der Waals surface area contributed by atoms with E-state index in [2.05, 4.69) is 23.9 Å². The van der Waals surface area contributed by atoms with E-state index in [1.54, 1.807) is 18.3 Å². The number of thiocarbonyl (C=S) groups is 1. The van der Waals surface area contributed by atoms with Gasteiger partial charge >= 0.3 is 0 Å². The number of rotatable bonds is 5. The molecule has 0 bridgehead atoms. The fourth-order valence-corrected chi connectivity index (χ4v) is 2.07. The molecule has 0 atom stereocenters. The van der Waals surface area contributed by atoms with Gasteiger partial charge in [0.25, 0.3) is 5.56 Å². The third-order valence-electron chi connectivity index (χ3n) is 2.83. The van der Waals surface area contributed by atoms with Crippen LogP contribution in [0.1, 0.15) is 25.2 Å². The first kappa shape index (κ1) is 14.4. The van der Waals surface area contributed by atoms with Crippen molar-refractivity contribution in [1.29, 1.82) is 0 Å². The molecule has 0 spiro atoms. The number of pyridine rings is 1. The van der Waals surface area contributed by atoms with Gasteiger partial charge in [0, 0.05) is 12.7 Å². The minimum absolute atomic E-state index is 0.105. The van der Waals surface area contributed by atoms with E-state index in [0.717, 1.165) is 12.4 Å². The van der Waals surface area contributed by atoms with Crippen LogP contribution in [0.5, 0.6) is 0 Å². The summed E-state index contributed by atoms with van der Waals surface area (Å²) in [5.74, 6) is 1.19. The number of nitrogens with two attached hydrogens (primary N) is 1. The van der Waals surface area contributed by atoms with Crippen molar-refractivity contribution in [2.75, 3.05) is 0 Å². The highest BCUT2D eigenvalue weighted by atomic mass is 32.1. The van der Waals surface area contributed by atoms with Crippen molar-refractivity contribution in [1.82, 2.24) is 19.3 Å². The van der Waals surface area contributed by atoms with Crippen LogP contribution in [0.2, 0.25) is 0 Å². The van der Waals surface area contributed by atoms with Crippen LogP contribution >= 0.6 is 12.2 Å². The molecule has 2 N–H and O–H groups in total. The van der Waals surface area contributed by atoms with E-state index in [-0.39, 0.29) is 10.5 Å². The Balaban J connectivity index is 2.32. The molecule has 2 heterocycles. The zero-order chi connectivity index (χ0) is 14.7. The normalized spacial score (nSPS) is 10.9. The highest BCUT2D eigenvalue weighted by Gasteiger charge is 2.10. The number of hydrogen-bond acceptors (Lipinski definition) is 4. The molecule has 7 heteroatoms. The summed E-state index contributed by atoms with van der Waals surface area (Å²) in [6.07, 6.45) is 3.19. The van der Waals surface area contributed by atoms with Gasteiger partial charge in [0.1, 0.15) is 17.1 Å². The smallest absolute Gasteiger partial charge is 0.261 e. The van der Waals surface area contributed by atoms with Gasteiger partial charge in [-0.1, -0.05) is 26.1 Å². The van der Waals surface area contributed by atoms with Gasteiger partial charge in [-0.15, -0.1) is 0 Å². The van der Waals surface area contributed by atoms with Crippen LogP contribution in [-0.4, -0.2) is 24.3 Å². The monoisotopic (exact) mass is 291 g/mol. The van der Waals surface area contributed by atoms with Gasteiger partial charge in [0.2, 0.25) is 0 Å². The number of hydrogen-bond donors (Lipinski definition) is 1. The molecule has 0 saturated heterocycles. The Kier molecular flexibility index (Phi) is 4.29. The van der Waals surface area contributed by atoms with E-state index in [1.807, 2.05) is 4.68 Å². The molecule has 106 valence electrons. The summed E-state index contributed by atoms with van der Waals surface area (Å²) >= 11 is 4.87. The molecule has 6 nitrogen and oxygen atoms in total. The minimum Gasteiger partial charge on any atom is -0.389 e. The number of nitrogens with zero attached hydrogens (tertiary/aromatic N) is 4. The molecule has 2 aromatic heterocycles. The summed E-state index contributed by atoms with van der Waals surface area (Å²) in [5.41, 5.74) is 5.67. The zero-order valence-electron chi connectivity index (χ0n) is 11.5. The first-order chi connectivity index (χ1) is 9.49. The molecule has 2 aromatic rings. The predicted octanol–water partition coefficient (Wildman–Crippen LogP) is 0.778. The van der Waals surface area contributed by atoms with Crippen LogP contribution in [0.25, 0.3) is 0 Å². The van der Waals surface area contributed by atoms with Crippen molar-refractivity contribution < 1.29 is 0 Å². The van der Waals surface area contributed by atoms with Gasteiger partial charge in [-0.25, -0.2) is 9.67 Å². The van der Waals surface area contributed by atoms with Crippen molar-refractivity contribution in [3.8, 4) is 0 Å². The van der Waals surface area contributed by atoms with Crippen LogP contribution in [0.15, 0.2) is 29.5 Å². The van der Waals surface area contributed by atoms with E-state index in [1.165, 1.54) is 10.9 Å². The van der Waals surface area contributed by atoms with Gasteiger partial charge in [-0.05, 0) is 18.1 Å². The molecule has 2 rings (SSSR count). The Labute approximate surface area is 122 Å². The van der Waals surface area contributed by atoms with Crippen molar-refractivity contribution in [3.05, 3.63) is 46.4 Å². The van der Waals surface area contributed by atoms with Crippen LogP contribution < -0.4 is 11.3 Å². The lowest BCUT2D eigenvalue weighted by Gasteiger charge is -2.10. The summed E-state index contributed by atoms with van der Waals surface area (Å²) in [5, 5.41) is 4.18. The maximum atomic E-state index is 12.2. The maximum absolute atomic E-state index is 12.2. The first-order valence-corrected chi connectivity index (χ1v) is 6.75. The average Bonchev–Trinajstić information content (AvgIpc) is 2.78. The van der Waals surface area contributed by atoms with E-state index < -0.39 is 0 Å². The molecule has 0 aromatic carbocycles. The third kappa shape index (κ3) is 3.11. The second kappa shape index (κ2) is 5.96. The van der Waals surface area contributed by atoms with Crippen LogP contribution in [0.4, 0.5) is 0 Å². The van der Waals surface area contributed by atoms with Crippen LogP contribution in [0, 0.1) is 5.92 Å². The molecule has 0 fully saturated rings. The van der Waals surface area contributed by atoms with Crippen LogP contribution in [-0.2, 0) is 13.1 Å². The standard InChI is InChI=1S/C13H17N5OS/c1-9(2)6-18-11(15-8-16-18)7-17-5-3-4-10(12(14)20)13(17)19/h3-5,8-9H,6-7H2,1-2H3,(H2,14,20). The Bertz CT molecular complexity index is 673. The topological polar surface area (TPSA) is 78.7 Å². The molecular formula is C13H17N5OS. The van der Waals surface area contributed by atoms with E-state index >= 15 is 0 Å². The summed E-state index contributed by atoms with van der Waals surface area (Å²) < 4.78 is 3.35. The second-order valence-electron chi connectivity index (χ2n) is 4.97. The molecule has 0 amide bonds. The fraction of sp³-hybridized carbons (Fsp3) is 0.385. The summed E-state index contributed by atoms with van der Waals surface area (Å²) in [6.45, 7) is 5.32. The van der Waals surface area contributed by atoms with Gasteiger partial charge in [-0.3, -0.25) is 4.79 Å². The van der Waals surface area contributed by atoms with Crippen molar-refractivity contribution in [3.63, 3.8) is 0 Å². The highest BCUT2D eigenvalue weighted by molar-refractivity contribution is 7.80. The van der Waals surface area contributed by atoms with Crippen LogP contribution in [0.3, 0.4) is 0 Å². The first-order valence-electron chi connectivity index (χ1n) is 6.35. The molecule has 0 aliphatic rings. The quantitative estimate of drug-likeness (QED) is 0.824. The Morgan fingerprint density at radius 2 is 2.25 bits per heavy atom. The molecule has 0 saturated carbocycles. The van der Waals surface area contributed by atoms with Gasteiger partial charge in [0.15, 0.2) is 0 Å². The minimum atomic E-state index is -0.209. The summed E-state index contributed by atoms with van der Waals surface area (Å²) in [4.78, 5) is 16.5. The lowest BCUT2D eigenvalue weighted by atomic mass is 10.2. The molecule has 0 aliphatic carbocycles. The van der Waals surface area contributed by atoms with Gasteiger partial charge < -0.3 is 10.3 Å². The van der Waals surface area contributed by atoms with E-state index in [9.17, 15) is 4.79 Å². The summed E-state index contributed by atoms with van der Waals surface area (Å²) in [7, 11) is 0. The lowest BCUT2D eigenvalue weighted by molar-refractivity contribution is 0.459. The van der Waals surface area contributed by atoms with Gasteiger partial charge in [0.05, 0.1) is 12.1 Å². The molecule has 0 aliphatic heterocycles. The number of aromatic nitrogens is 4. The SMILES string of the molecule is CC(C)Cn1ncnc1Cn1cccc(C(N)=S)c1=O. The average molecular weight is 291 g/mol. The Hall–Kier alpha value is -2.02. The molecule has 0 unspecified atom stereocenters. The Morgan fingerprint density at radius 1 is 1.50 bits per heavy atom. The lowest BCUT2D eigenvalue weighted by Crippen LogP contribution is -2.29. The van der Waals surface area contributed by atoms with Crippen molar-refractivity contribution in [2.45, 2.75) is 26.9 Å². The van der Waals surface area contributed by atoms with Crippen molar-refractivity contribution >= 4 is 17.2 Å². The second-order valence-corrected chi connectivity index (χ2v) is 5.41. The molecule has 20 heavy (non-hydrogen) atoms. The largest absolute Gasteiger partial charge is 0.389 e. The van der Waals surface area contributed by atoms with E-state index in [4.69, 9.17) is 18.0 Å². The predicted molar refractivity (Wildman–Crippen MR) is 80.6 cm³/mol. The Morgan fingerprint density at radius 3 is 2.90 bits per heavy atom. The van der Waals surface area contributed by atoms with Gasteiger partial charge in [-0.2, -0.15) is 5.10 Å². The third-order valence-corrected chi connectivity index (χ3v) is 3.05.